The summed E-state index contributed by atoms with van der Waals surface area (Å²) in [5.74, 6) is 0.257. The average Bonchev–Trinajstić information content (AvgIpc) is 2.43. The number of nitrogens with one attached hydrogen (secondary N) is 1. The highest BCUT2D eigenvalue weighted by molar-refractivity contribution is 6.82. The van der Waals surface area contributed by atoms with Crippen LogP contribution in [0, 0.1) is 0 Å². The number of hydrogen-bond donors (Lipinski definition) is 1. The largest absolute Gasteiger partial charge is 0.495 e. The molecule has 1 aromatic carbocycles. The van der Waals surface area contributed by atoms with Gasteiger partial charge in [0.05, 0.1) is 18.4 Å². The number of anilines is 1. The molecule has 2 nitrogen and oxygen atoms in total. The van der Waals surface area contributed by atoms with E-state index in [1.807, 2.05) is 20.8 Å². The van der Waals surface area contributed by atoms with Crippen LogP contribution >= 0.6 is 0 Å². The number of halogens is 3. The minimum Gasteiger partial charge on any atom is -0.495 e. The number of hydrogen-bond acceptors (Lipinski definition) is 2. The van der Waals surface area contributed by atoms with Gasteiger partial charge in [-0.25, -0.2) is 0 Å². The van der Waals surface area contributed by atoms with E-state index < -0.39 is 20.0 Å². The second kappa shape index (κ2) is 6.52. The van der Waals surface area contributed by atoms with Crippen LogP contribution in [-0.2, 0) is 6.18 Å². The van der Waals surface area contributed by atoms with Gasteiger partial charge in [0.2, 0.25) is 0 Å². The van der Waals surface area contributed by atoms with Gasteiger partial charge in [-0.1, -0.05) is 26.8 Å². The maximum Gasteiger partial charge on any atom is 0.418 e. The van der Waals surface area contributed by atoms with Crippen LogP contribution in [0.5, 0.6) is 5.75 Å². The van der Waals surface area contributed by atoms with Gasteiger partial charge >= 0.3 is 6.18 Å². The first-order valence-corrected chi connectivity index (χ1v) is 9.48. The van der Waals surface area contributed by atoms with Crippen LogP contribution in [0.25, 0.3) is 0 Å². The number of para-hydroxylation sites is 1. The number of methoxy groups -OCH3 is 1. The molecule has 0 unspecified atom stereocenters. The van der Waals surface area contributed by atoms with Gasteiger partial charge in [0.1, 0.15) is 5.75 Å². The average molecular weight is 305 g/mol. The highest BCUT2D eigenvalue weighted by atomic mass is 28.3. The van der Waals surface area contributed by atoms with Gasteiger partial charge in [-0.3, -0.25) is 0 Å². The van der Waals surface area contributed by atoms with Gasteiger partial charge in [-0.15, -0.1) is 0 Å². The van der Waals surface area contributed by atoms with Crippen molar-refractivity contribution in [3.8, 4) is 5.75 Å². The van der Waals surface area contributed by atoms with Crippen molar-refractivity contribution in [3.63, 3.8) is 0 Å². The number of alkyl halides is 3. The summed E-state index contributed by atoms with van der Waals surface area (Å²) in [7, 11) is -0.549. The van der Waals surface area contributed by atoms with Gasteiger partial charge in [0, 0.05) is 0 Å². The normalized spacial score (nSPS) is 12.3. The van der Waals surface area contributed by atoms with Crippen LogP contribution < -0.4 is 9.72 Å². The van der Waals surface area contributed by atoms with Crippen LogP contribution in [-0.4, -0.2) is 15.3 Å². The molecule has 6 heteroatoms. The molecule has 0 saturated carbocycles. The lowest BCUT2D eigenvalue weighted by Gasteiger charge is -2.32. The first-order chi connectivity index (χ1) is 9.33. The molecule has 20 heavy (non-hydrogen) atoms. The molecule has 0 amide bonds. The zero-order valence-electron chi connectivity index (χ0n) is 12.4. The predicted octanol–water partition coefficient (Wildman–Crippen LogP) is 5.13. The van der Waals surface area contributed by atoms with E-state index in [0.29, 0.717) is 0 Å². The third-order valence-corrected chi connectivity index (χ3v) is 8.81. The second-order valence-corrected chi connectivity index (χ2v) is 9.78. The second-order valence-electron chi connectivity index (χ2n) is 4.85. The Morgan fingerprint density at radius 3 is 2.05 bits per heavy atom. The molecule has 0 radical (unpaired) electrons. The predicted molar refractivity (Wildman–Crippen MR) is 78.8 cm³/mol. The van der Waals surface area contributed by atoms with Crippen LogP contribution in [0.15, 0.2) is 18.2 Å². The molecule has 1 aromatic rings. The molecule has 1 N–H and O–H groups in total. The van der Waals surface area contributed by atoms with Gasteiger partial charge in [-0.05, 0) is 30.3 Å². The van der Waals surface area contributed by atoms with Gasteiger partial charge in [0.25, 0.3) is 0 Å². The fourth-order valence-electron chi connectivity index (χ4n) is 2.35. The van der Waals surface area contributed by atoms with Gasteiger partial charge in [0.15, 0.2) is 8.24 Å². The smallest absolute Gasteiger partial charge is 0.418 e. The first-order valence-electron chi connectivity index (χ1n) is 6.86. The van der Waals surface area contributed by atoms with Gasteiger partial charge < -0.3 is 9.72 Å². The van der Waals surface area contributed by atoms with E-state index in [1.165, 1.54) is 13.2 Å². The lowest BCUT2D eigenvalue weighted by atomic mass is 10.1. The summed E-state index contributed by atoms with van der Waals surface area (Å²) in [6.45, 7) is 6.11. The number of rotatable bonds is 6. The topological polar surface area (TPSA) is 21.3 Å². The van der Waals surface area contributed by atoms with Crippen molar-refractivity contribution >= 4 is 13.9 Å². The van der Waals surface area contributed by atoms with Crippen molar-refractivity contribution in [1.29, 1.82) is 0 Å². The lowest BCUT2D eigenvalue weighted by molar-refractivity contribution is -0.137. The molecule has 0 heterocycles. The maximum atomic E-state index is 13.2. The van der Waals surface area contributed by atoms with Crippen molar-refractivity contribution in [1.82, 2.24) is 0 Å². The van der Waals surface area contributed by atoms with Crippen LogP contribution in [0.2, 0.25) is 18.1 Å². The summed E-state index contributed by atoms with van der Waals surface area (Å²) in [5.41, 5.74) is -0.552. The molecular formula is C14H22F3NOSi. The summed E-state index contributed by atoms with van der Waals surface area (Å²) in [6, 6.07) is 6.70. The standard InChI is InChI=1S/C14H22F3NOSi/c1-5-20(6-2,7-3)18-13-11(14(15,16)17)9-8-10-12(13)19-4/h8-10,18H,5-7H2,1-4H3. The van der Waals surface area contributed by atoms with Crippen molar-refractivity contribution < 1.29 is 17.9 Å². The zero-order chi connectivity index (χ0) is 15.4. The molecule has 0 spiro atoms. The molecule has 0 fully saturated rings. The summed E-state index contributed by atoms with van der Waals surface area (Å²) < 4.78 is 44.6. The molecule has 0 aromatic heterocycles. The van der Waals surface area contributed by atoms with Crippen LogP contribution in [0.3, 0.4) is 0 Å². The van der Waals surface area contributed by atoms with Crippen molar-refractivity contribution in [2.45, 2.75) is 45.1 Å². The SMILES string of the molecule is CC[Si](CC)(CC)Nc1c(OC)cccc1C(F)(F)F. The third-order valence-electron chi connectivity index (χ3n) is 3.97. The number of benzene rings is 1. The van der Waals surface area contributed by atoms with E-state index in [9.17, 15) is 13.2 Å². The first kappa shape index (κ1) is 16.9. The van der Waals surface area contributed by atoms with E-state index in [1.54, 1.807) is 6.07 Å². The minimum atomic E-state index is -4.38. The molecule has 0 atom stereocenters. The summed E-state index contributed by atoms with van der Waals surface area (Å²) in [4.78, 5) is 3.23. The monoisotopic (exact) mass is 305 g/mol. The van der Waals surface area contributed by atoms with Crippen molar-refractivity contribution in [3.05, 3.63) is 23.8 Å². The van der Waals surface area contributed by atoms with Crippen molar-refractivity contribution in [2.24, 2.45) is 0 Å². The fourth-order valence-corrected chi connectivity index (χ4v) is 5.17. The van der Waals surface area contributed by atoms with Crippen LogP contribution in [0.4, 0.5) is 18.9 Å². The molecule has 114 valence electrons. The zero-order valence-corrected chi connectivity index (χ0v) is 13.4. The molecule has 0 bridgehead atoms. The molecule has 0 aliphatic carbocycles. The molecule has 0 aliphatic heterocycles. The van der Waals surface area contributed by atoms with E-state index in [-0.39, 0.29) is 11.4 Å². The minimum absolute atomic E-state index is 0.0970. The van der Waals surface area contributed by atoms with E-state index in [2.05, 4.69) is 4.98 Å². The number of ether oxygens (including phenoxy) is 1. The molecule has 1 rings (SSSR count). The van der Waals surface area contributed by atoms with E-state index >= 15 is 0 Å². The Morgan fingerprint density at radius 2 is 1.65 bits per heavy atom. The third kappa shape index (κ3) is 3.48. The van der Waals surface area contributed by atoms with Crippen molar-refractivity contribution in [2.75, 3.05) is 12.1 Å². The quantitative estimate of drug-likeness (QED) is 0.736. The molecular weight excluding hydrogens is 283 g/mol. The fraction of sp³-hybridized carbons (Fsp3) is 0.571. The maximum absolute atomic E-state index is 13.2. The Labute approximate surface area is 119 Å². The highest BCUT2D eigenvalue weighted by Crippen LogP contribution is 2.41. The summed E-state index contributed by atoms with van der Waals surface area (Å²) in [5, 5.41) is 0. The van der Waals surface area contributed by atoms with E-state index in [0.717, 1.165) is 24.2 Å². The Balaban J connectivity index is 3.34. The van der Waals surface area contributed by atoms with Gasteiger partial charge in [-0.2, -0.15) is 13.2 Å². The summed E-state index contributed by atoms with van der Waals surface area (Å²) >= 11 is 0. The Hall–Kier alpha value is -1.17. The highest BCUT2D eigenvalue weighted by Gasteiger charge is 2.37. The molecule has 0 aliphatic rings. The molecule has 0 saturated heterocycles. The Kier molecular flexibility index (Phi) is 5.50. The Morgan fingerprint density at radius 1 is 1.10 bits per heavy atom. The summed E-state index contributed by atoms with van der Waals surface area (Å²) in [6.07, 6.45) is -4.38. The van der Waals surface area contributed by atoms with E-state index in [4.69, 9.17) is 4.74 Å². The Bertz CT molecular complexity index is 436. The van der Waals surface area contributed by atoms with Crippen LogP contribution in [0.1, 0.15) is 26.3 Å². The lowest BCUT2D eigenvalue weighted by Crippen LogP contribution is -2.42.